The van der Waals surface area contributed by atoms with E-state index < -0.39 is 5.97 Å². The molecule has 0 bridgehead atoms. The molecule has 0 aliphatic heterocycles. The number of esters is 1. The Morgan fingerprint density at radius 1 is 1.03 bits per heavy atom. The summed E-state index contributed by atoms with van der Waals surface area (Å²) in [4.78, 5) is 42.4. The van der Waals surface area contributed by atoms with E-state index in [9.17, 15) is 18.8 Å². The number of benzene rings is 3. The van der Waals surface area contributed by atoms with Crippen LogP contribution < -0.4 is 10.9 Å². The van der Waals surface area contributed by atoms with Crippen molar-refractivity contribution in [2.45, 2.75) is 11.7 Å². The SMILES string of the molecule is COC(=O)c1ccccc1NC(=O)CSc1nc2ccccc2c(=O)n1Cc1ccc(F)cc1. The molecule has 34 heavy (non-hydrogen) atoms. The number of carbonyl (C=O) groups excluding carboxylic acids is 2. The highest BCUT2D eigenvalue weighted by Gasteiger charge is 2.16. The van der Waals surface area contributed by atoms with E-state index in [4.69, 9.17) is 4.74 Å². The second-order valence-corrected chi connectivity index (χ2v) is 8.25. The van der Waals surface area contributed by atoms with Crippen molar-refractivity contribution in [3.05, 3.63) is 100 Å². The van der Waals surface area contributed by atoms with Gasteiger partial charge in [0.05, 0.1) is 41.6 Å². The van der Waals surface area contributed by atoms with Crippen molar-refractivity contribution in [1.29, 1.82) is 0 Å². The number of fused-ring (bicyclic) bond motifs is 1. The summed E-state index contributed by atoms with van der Waals surface area (Å²) in [6.45, 7) is 0.173. The molecular formula is C25H20FN3O4S. The van der Waals surface area contributed by atoms with E-state index >= 15 is 0 Å². The number of carbonyl (C=O) groups is 2. The molecule has 0 spiro atoms. The first-order valence-electron chi connectivity index (χ1n) is 10.3. The Bertz CT molecular complexity index is 1420. The van der Waals surface area contributed by atoms with Gasteiger partial charge in [-0.1, -0.05) is 48.2 Å². The number of thioether (sulfide) groups is 1. The van der Waals surface area contributed by atoms with Crippen LogP contribution in [0.3, 0.4) is 0 Å². The quantitative estimate of drug-likeness (QED) is 0.245. The average Bonchev–Trinajstić information content (AvgIpc) is 2.86. The first-order valence-corrected chi connectivity index (χ1v) is 11.3. The largest absolute Gasteiger partial charge is 0.465 e. The minimum Gasteiger partial charge on any atom is -0.465 e. The molecule has 0 radical (unpaired) electrons. The number of nitrogens with one attached hydrogen (secondary N) is 1. The van der Waals surface area contributed by atoms with Crippen LogP contribution in [0.15, 0.2) is 82.7 Å². The van der Waals surface area contributed by atoms with Gasteiger partial charge in [-0.3, -0.25) is 14.2 Å². The molecule has 0 aliphatic carbocycles. The topological polar surface area (TPSA) is 90.3 Å². The van der Waals surface area contributed by atoms with Crippen LogP contribution in [0.1, 0.15) is 15.9 Å². The van der Waals surface area contributed by atoms with Gasteiger partial charge in [0.1, 0.15) is 5.82 Å². The van der Waals surface area contributed by atoms with Gasteiger partial charge in [0.2, 0.25) is 5.91 Å². The van der Waals surface area contributed by atoms with Crippen LogP contribution in [-0.4, -0.2) is 34.3 Å². The van der Waals surface area contributed by atoms with Gasteiger partial charge in [0.15, 0.2) is 5.16 Å². The first-order chi connectivity index (χ1) is 16.5. The second-order valence-electron chi connectivity index (χ2n) is 7.30. The van der Waals surface area contributed by atoms with Crippen LogP contribution in [0.5, 0.6) is 0 Å². The average molecular weight is 478 g/mol. The molecular weight excluding hydrogens is 457 g/mol. The predicted octanol–water partition coefficient (Wildman–Crippen LogP) is 4.10. The fraction of sp³-hybridized carbons (Fsp3) is 0.120. The van der Waals surface area contributed by atoms with Gasteiger partial charge >= 0.3 is 5.97 Å². The van der Waals surface area contributed by atoms with Gasteiger partial charge in [0.25, 0.3) is 5.56 Å². The first kappa shape index (κ1) is 23.2. The maximum Gasteiger partial charge on any atom is 0.339 e. The molecule has 0 aliphatic rings. The molecule has 0 atom stereocenters. The zero-order valence-corrected chi connectivity index (χ0v) is 19.0. The Labute approximate surface area is 198 Å². The van der Waals surface area contributed by atoms with Gasteiger partial charge in [0, 0.05) is 0 Å². The molecule has 1 heterocycles. The van der Waals surface area contributed by atoms with Crippen molar-refractivity contribution in [3.63, 3.8) is 0 Å². The zero-order chi connectivity index (χ0) is 24.1. The van der Waals surface area contributed by atoms with Gasteiger partial charge in [-0.2, -0.15) is 0 Å². The fourth-order valence-electron chi connectivity index (χ4n) is 3.37. The highest BCUT2D eigenvalue weighted by Crippen LogP contribution is 2.21. The molecule has 0 unspecified atom stereocenters. The number of aromatic nitrogens is 2. The fourth-order valence-corrected chi connectivity index (χ4v) is 4.16. The molecule has 0 saturated carbocycles. The van der Waals surface area contributed by atoms with Gasteiger partial charge in [-0.15, -0.1) is 0 Å². The molecule has 7 nitrogen and oxygen atoms in total. The van der Waals surface area contributed by atoms with Crippen molar-refractivity contribution < 1.29 is 18.7 Å². The highest BCUT2D eigenvalue weighted by atomic mass is 32.2. The number of anilines is 1. The third kappa shape index (κ3) is 5.15. The smallest absolute Gasteiger partial charge is 0.339 e. The Balaban J connectivity index is 1.60. The number of nitrogens with zero attached hydrogens (tertiary/aromatic N) is 2. The summed E-state index contributed by atoms with van der Waals surface area (Å²) in [6, 6.07) is 19.3. The molecule has 0 saturated heterocycles. The summed E-state index contributed by atoms with van der Waals surface area (Å²) in [5.41, 5.74) is 1.55. The molecule has 0 fully saturated rings. The van der Waals surface area contributed by atoms with Crippen LogP contribution in [0.25, 0.3) is 10.9 Å². The normalized spacial score (nSPS) is 10.8. The van der Waals surface area contributed by atoms with Crippen LogP contribution in [-0.2, 0) is 16.1 Å². The summed E-state index contributed by atoms with van der Waals surface area (Å²) < 4.78 is 19.5. The molecule has 1 aromatic heterocycles. The maximum atomic E-state index is 13.3. The molecule has 9 heteroatoms. The molecule has 4 aromatic rings. The number of hydrogen-bond acceptors (Lipinski definition) is 6. The van der Waals surface area contributed by atoms with Crippen molar-refractivity contribution in [1.82, 2.24) is 9.55 Å². The number of amides is 1. The lowest BCUT2D eigenvalue weighted by Crippen LogP contribution is -2.25. The minimum atomic E-state index is -0.562. The number of hydrogen-bond donors (Lipinski definition) is 1. The number of methoxy groups -OCH3 is 1. The number of para-hydroxylation sites is 2. The van der Waals surface area contributed by atoms with E-state index in [1.807, 2.05) is 0 Å². The Kier molecular flexibility index (Phi) is 7.03. The van der Waals surface area contributed by atoms with Crippen LogP contribution in [0, 0.1) is 5.82 Å². The van der Waals surface area contributed by atoms with E-state index in [0.717, 1.165) is 17.3 Å². The van der Waals surface area contributed by atoms with E-state index in [1.165, 1.54) is 23.8 Å². The minimum absolute atomic E-state index is 0.0519. The third-order valence-electron chi connectivity index (χ3n) is 5.02. The lowest BCUT2D eigenvalue weighted by atomic mass is 10.2. The number of rotatable bonds is 7. The molecule has 4 rings (SSSR count). The predicted molar refractivity (Wildman–Crippen MR) is 129 cm³/mol. The zero-order valence-electron chi connectivity index (χ0n) is 18.2. The number of ether oxygens (including phenoxy) is 1. The summed E-state index contributed by atoms with van der Waals surface area (Å²) in [5, 5.41) is 3.51. The van der Waals surface area contributed by atoms with Gasteiger partial charge in [-0.25, -0.2) is 14.2 Å². The summed E-state index contributed by atoms with van der Waals surface area (Å²) in [6.07, 6.45) is 0. The van der Waals surface area contributed by atoms with Gasteiger partial charge < -0.3 is 10.1 Å². The summed E-state index contributed by atoms with van der Waals surface area (Å²) in [5.74, 6) is -1.36. The second kappa shape index (κ2) is 10.3. The third-order valence-corrected chi connectivity index (χ3v) is 6.00. The van der Waals surface area contributed by atoms with Gasteiger partial charge in [-0.05, 0) is 42.0 Å². The Morgan fingerprint density at radius 3 is 2.50 bits per heavy atom. The Morgan fingerprint density at radius 2 is 1.74 bits per heavy atom. The lowest BCUT2D eigenvalue weighted by molar-refractivity contribution is -0.113. The standard InChI is InChI=1S/C25H20FN3O4S/c1-33-24(32)19-7-3-5-9-21(19)27-22(30)15-34-25-28-20-8-4-2-6-18(20)23(31)29(25)14-16-10-12-17(26)13-11-16/h2-13H,14-15H2,1H3,(H,27,30). The van der Waals surface area contributed by atoms with E-state index in [1.54, 1.807) is 60.7 Å². The van der Waals surface area contributed by atoms with E-state index in [2.05, 4.69) is 10.3 Å². The molecule has 3 aromatic carbocycles. The Hall–Kier alpha value is -3.98. The summed E-state index contributed by atoms with van der Waals surface area (Å²) in [7, 11) is 1.27. The van der Waals surface area contributed by atoms with E-state index in [-0.39, 0.29) is 35.1 Å². The maximum absolute atomic E-state index is 13.3. The van der Waals surface area contributed by atoms with Crippen LogP contribution in [0.2, 0.25) is 0 Å². The highest BCUT2D eigenvalue weighted by molar-refractivity contribution is 7.99. The van der Waals surface area contributed by atoms with Crippen molar-refractivity contribution in [2.24, 2.45) is 0 Å². The van der Waals surface area contributed by atoms with Crippen LogP contribution >= 0.6 is 11.8 Å². The lowest BCUT2D eigenvalue weighted by Gasteiger charge is -2.14. The number of halogens is 1. The molecule has 1 N–H and O–H groups in total. The monoisotopic (exact) mass is 477 g/mol. The van der Waals surface area contributed by atoms with Crippen molar-refractivity contribution in [2.75, 3.05) is 18.2 Å². The summed E-state index contributed by atoms with van der Waals surface area (Å²) >= 11 is 1.10. The molecule has 1 amide bonds. The van der Waals surface area contributed by atoms with Crippen molar-refractivity contribution >= 4 is 40.2 Å². The van der Waals surface area contributed by atoms with Crippen LogP contribution in [0.4, 0.5) is 10.1 Å². The van der Waals surface area contributed by atoms with E-state index in [0.29, 0.717) is 21.7 Å². The molecule has 172 valence electrons. The van der Waals surface area contributed by atoms with Crippen molar-refractivity contribution in [3.8, 4) is 0 Å².